The second kappa shape index (κ2) is 33.0. The van der Waals surface area contributed by atoms with Gasteiger partial charge in [0.1, 0.15) is 0 Å². The Kier molecular flexibility index (Phi) is 36.5. The summed E-state index contributed by atoms with van der Waals surface area (Å²) in [6, 6.07) is 0. The van der Waals surface area contributed by atoms with Crippen LogP contribution in [0.5, 0.6) is 0 Å². The molecule has 0 unspecified atom stereocenters. The smallest absolute Gasteiger partial charge is 0.287 e. The third-order valence-corrected chi connectivity index (χ3v) is 8.24. The van der Waals surface area contributed by atoms with E-state index < -0.39 is 7.82 Å². The van der Waals surface area contributed by atoms with E-state index in [1.807, 2.05) is 0 Å². The zero-order valence-corrected chi connectivity index (χ0v) is 29.2. The fraction of sp³-hybridized carbons (Fsp3) is 1.00. The first-order chi connectivity index (χ1) is 17.2. The zero-order valence-electron chi connectivity index (χ0n) is 25.2. The van der Waals surface area contributed by atoms with E-state index in [2.05, 4.69) is 20.8 Å². The van der Waals surface area contributed by atoms with E-state index in [4.69, 9.17) is 13.6 Å². The second-order valence-electron chi connectivity index (χ2n) is 10.4. The second-order valence-corrected chi connectivity index (χ2v) is 12.0. The molecule has 0 amide bonds. The summed E-state index contributed by atoms with van der Waals surface area (Å²) in [6.07, 6.45) is 29.7. The molecule has 0 spiro atoms. The molecular weight excluding hydrogens is 494 g/mol. The van der Waals surface area contributed by atoms with Gasteiger partial charge < -0.3 is 0 Å². The molecule has 0 atom stereocenters. The van der Waals surface area contributed by atoms with Crippen LogP contribution in [-0.4, -0.2) is 19.8 Å². The van der Waals surface area contributed by atoms with E-state index in [9.17, 15) is 4.57 Å². The van der Waals surface area contributed by atoms with Crippen molar-refractivity contribution in [3.63, 3.8) is 0 Å². The van der Waals surface area contributed by atoms with Crippen molar-refractivity contribution in [1.82, 2.24) is 0 Å². The van der Waals surface area contributed by atoms with Gasteiger partial charge in [-0.25, -0.2) is 4.57 Å². The van der Waals surface area contributed by atoms with Gasteiger partial charge in [0.25, 0.3) is 0 Å². The Labute approximate surface area is 269 Å². The summed E-state index contributed by atoms with van der Waals surface area (Å²) >= 11 is 0. The van der Waals surface area contributed by atoms with Crippen molar-refractivity contribution in [3.05, 3.63) is 0 Å². The Bertz CT molecular complexity index is 389. The van der Waals surface area contributed by atoms with Crippen LogP contribution in [0.3, 0.4) is 0 Å². The first-order valence-corrected chi connectivity index (χ1v) is 17.2. The van der Waals surface area contributed by atoms with Crippen LogP contribution < -0.4 is 51.4 Å². The number of unbranched alkanes of at least 4 members (excludes halogenated alkanes) is 21. The van der Waals surface area contributed by atoms with Gasteiger partial charge in [0.2, 0.25) is 0 Å². The summed E-state index contributed by atoms with van der Waals surface area (Å²) in [5.74, 6) is 0. The molecule has 0 heterocycles. The Morgan fingerprint density at radius 3 is 0.778 bits per heavy atom. The summed E-state index contributed by atoms with van der Waals surface area (Å²) in [5, 5.41) is 0. The van der Waals surface area contributed by atoms with Crippen LogP contribution in [0.1, 0.15) is 175 Å². The standard InChI is InChI=1S/C30H63O4P.K/c1-4-7-10-13-16-19-22-25-28-32-35(31,33-29-26-23-20-17-14-11-8-5-2)34-30-27-24-21-18-15-12-9-6-3;/h4-30H2,1-3H3;/q;+1. The van der Waals surface area contributed by atoms with Crippen molar-refractivity contribution >= 4 is 7.82 Å². The summed E-state index contributed by atoms with van der Waals surface area (Å²) in [5.41, 5.74) is 0. The van der Waals surface area contributed by atoms with E-state index in [1.54, 1.807) is 0 Å². The van der Waals surface area contributed by atoms with Crippen molar-refractivity contribution in [2.75, 3.05) is 19.8 Å². The molecule has 0 saturated heterocycles. The van der Waals surface area contributed by atoms with E-state index in [0.717, 1.165) is 38.5 Å². The number of phosphoric ester groups is 1. The fourth-order valence-electron chi connectivity index (χ4n) is 4.35. The Balaban J connectivity index is 0. The predicted octanol–water partition coefficient (Wildman–Crippen LogP) is 8.57. The Morgan fingerprint density at radius 2 is 0.556 bits per heavy atom. The van der Waals surface area contributed by atoms with Crippen LogP contribution in [0.2, 0.25) is 0 Å². The molecule has 212 valence electrons. The molecule has 4 nitrogen and oxygen atoms in total. The predicted molar refractivity (Wildman–Crippen MR) is 153 cm³/mol. The van der Waals surface area contributed by atoms with E-state index in [0.29, 0.717) is 19.8 Å². The van der Waals surface area contributed by atoms with Crippen molar-refractivity contribution in [3.8, 4) is 0 Å². The van der Waals surface area contributed by atoms with Gasteiger partial charge in [0, 0.05) is 0 Å². The van der Waals surface area contributed by atoms with Crippen molar-refractivity contribution < 1.29 is 69.5 Å². The molecule has 0 aliphatic rings. The molecule has 0 fully saturated rings. The Morgan fingerprint density at radius 1 is 0.361 bits per heavy atom. The third-order valence-electron chi connectivity index (χ3n) is 6.74. The van der Waals surface area contributed by atoms with Crippen molar-refractivity contribution in [1.29, 1.82) is 0 Å². The van der Waals surface area contributed by atoms with Gasteiger partial charge in [0.15, 0.2) is 0 Å². The van der Waals surface area contributed by atoms with E-state index in [1.165, 1.54) is 116 Å². The molecule has 0 aliphatic heterocycles. The van der Waals surface area contributed by atoms with Crippen molar-refractivity contribution in [2.45, 2.75) is 175 Å². The van der Waals surface area contributed by atoms with Gasteiger partial charge in [-0.15, -0.1) is 0 Å². The molecular formula is C30H63KO4P+. The monoisotopic (exact) mass is 557 g/mol. The third kappa shape index (κ3) is 30.3. The molecule has 0 aliphatic carbocycles. The maximum atomic E-state index is 13.2. The quantitative estimate of drug-likeness (QED) is 0.0504. The molecule has 0 radical (unpaired) electrons. The summed E-state index contributed by atoms with van der Waals surface area (Å²) < 4.78 is 30.4. The van der Waals surface area contributed by atoms with Crippen LogP contribution in [-0.2, 0) is 18.1 Å². The summed E-state index contributed by atoms with van der Waals surface area (Å²) in [7, 11) is -3.43. The molecule has 0 aromatic heterocycles. The molecule has 0 aromatic carbocycles. The Hall–Kier alpha value is 1.75. The largest absolute Gasteiger partial charge is 1.00 e. The summed E-state index contributed by atoms with van der Waals surface area (Å²) in [6.45, 7) is 8.18. The van der Waals surface area contributed by atoms with Crippen molar-refractivity contribution in [2.24, 2.45) is 0 Å². The van der Waals surface area contributed by atoms with Gasteiger partial charge in [-0.2, -0.15) is 0 Å². The number of phosphoric acid groups is 1. The van der Waals surface area contributed by atoms with Gasteiger partial charge >= 0.3 is 59.2 Å². The van der Waals surface area contributed by atoms with Gasteiger partial charge in [-0.05, 0) is 19.3 Å². The molecule has 0 saturated carbocycles. The fourth-order valence-corrected chi connectivity index (χ4v) is 5.63. The van der Waals surface area contributed by atoms with Crippen LogP contribution in [0.15, 0.2) is 0 Å². The maximum absolute atomic E-state index is 13.2. The van der Waals surface area contributed by atoms with E-state index >= 15 is 0 Å². The zero-order chi connectivity index (χ0) is 25.7. The molecule has 6 heteroatoms. The number of rotatable bonds is 30. The minimum atomic E-state index is -3.43. The molecule has 0 aromatic rings. The molecule has 0 N–H and O–H groups in total. The molecule has 0 bridgehead atoms. The van der Waals surface area contributed by atoms with E-state index in [-0.39, 0.29) is 51.4 Å². The summed E-state index contributed by atoms with van der Waals surface area (Å²) in [4.78, 5) is 0. The topological polar surface area (TPSA) is 44.8 Å². The van der Waals surface area contributed by atoms with Crippen LogP contribution in [0.4, 0.5) is 0 Å². The maximum Gasteiger partial charge on any atom is 1.00 e. The SMILES string of the molecule is CCCCCCCCCCOP(=O)(OCCCCCCCCCC)OCCCCCCCCCC.[K+]. The van der Waals surface area contributed by atoms with Gasteiger partial charge in [0.05, 0.1) is 19.8 Å². The van der Waals surface area contributed by atoms with Crippen LogP contribution >= 0.6 is 7.82 Å². The first-order valence-electron chi connectivity index (χ1n) is 15.7. The minimum Gasteiger partial charge on any atom is -0.287 e. The number of hydrogen-bond donors (Lipinski definition) is 0. The van der Waals surface area contributed by atoms with Gasteiger partial charge in [-0.1, -0.05) is 156 Å². The minimum absolute atomic E-state index is 0. The van der Waals surface area contributed by atoms with Crippen LogP contribution in [0.25, 0.3) is 0 Å². The molecule has 36 heavy (non-hydrogen) atoms. The average Bonchev–Trinajstić information content (AvgIpc) is 2.86. The molecule has 0 rings (SSSR count). The first kappa shape index (κ1) is 39.9. The number of hydrogen-bond acceptors (Lipinski definition) is 4. The van der Waals surface area contributed by atoms with Gasteiger partial charge in [-0.3, -0.25) is 13.6 Å². The average molecular weight is 558 g/mol. The normalized spacial score (nSPS) is 11.6. The van der Waals surface area contributed by atoms with Crippen LogP contribution in [0, 0.1) is 0 Å².